The maximum absolute atomic E-state index is 12.9. The van der Waals surface area contributed by atoms with Crippen LogP contribution in [-0.2, 0) is 9.53 Å². The lowest BCUT2D eigenvalue weighted by Gasteiger charge is -2.20. The fourth-order valence-corrected chi connectivity index (χ4v) is 3.15. The van der Waals surface area contributed by atoms with E-state index in [2.05, 4.69) is 45.1 Å². The molecule has 0 fully saturated rings. The molecule has 1 amide bonds. The standard InChI is InChI=1S/C25H33NO4/c1-15(2)21-9-8-10-22(16(3)4)23(21)26-24(27)19-11-13-20(14-12-19)30-18(7)25(28)29-17(5)6/h8-18H,1-7H3,(H,26,27)/t18-/m0/s1. The van der Waals surface area contributed by atoms with Crippen LogP contribution in [0.15, 0.2) is 42.5 Å². The van der Waals surface area contributed by atoms with Gasteiger partial charge in [-0.2, -0.15) is 0 Å². The Labute approximate surface area is 179 Å². The van der Waals surface area contributed by atoms with Crippen LogP contribution in [0.4, 0.5) is 5.69 Å². The van der Waals surface area contributed by atoms with Crippen molar-refractivity contribution < 1.29 is 19.1 Å². The highest BCUT2D eigenvalue weighted by Gasteiger charge is 2.19. The Kier molecular flexibility index (Phi) is 8.04. The molecule has 0 spiro atoms. The average molecular weight is 412 g/mol. The van der Waals surface area contributed by atoms with Crippen LogP contribution in [0, 0.1) is 0 Å². The number of benzene rings is 2. The molecular formula is C25H33NO4. The van der Waals surface area contributed by atoms with Crippen molar-refractivity contribution in [1.82, 2.24) is 0 Å². The summed E-state index contributed by atoms with van der Waals surface area (Å²) >= 11 is 0. The van der Waals surface area contributed by atoms with Crippen molar-refractivity contribution in [3.8, 4) is 5.75 Å². The van der Waals surface area contributed by atoms with Crippen LogP contribution < -0.4 is 10.1 Å². The summed E-state index contributed by atoms with van der Waals surface area (Å²) in [5.74, 6) is 0.496. The maximum atomic E-state index is 12.9. The number of amides is 1. The highest BCUT2D eigenvalue weighted by atomic mass is 16.6. The molecule has 2 rings (SSSR count). The third-order valence-electron chi connectivity index (χ3n) is 4.72. The van der Waals surface area contributed by atoms with Gasteiger partial charge in [0.1, 0.15) is 5.75 Å². The Balaban J connectivity index is 2.15. The highest BCUT2D eigenvalue weighted by molar-refractivity contribution is 6.05. The monoisotopic (exact) mass is 411 g/mol. The molecule has 2 aromatic carbocycles. The Morgan fingerprint density at radius 1 is 0.800 bits per heavy atom. The number of hydrogen-bond donors (Lipinski definition) is 1. The topological polar surface area (TPSA) is 64.6 Å². The van der Waals surface area contributed by atoms with E-state index in [9.17, 15) is 9.59 Å². The van der Waals surface area contributed by atoms with E-state index < -0.39 is 12.1 Å². The molecule has 0 heterocycles. The zero-order chi connectivity index (χ0) is 22.4. The number of para-hydroxylation sites is 1. The summed E-state index contributed by atoms with van der Waals surface area (Å²) in [6.45, 7) is 13.7. The van der Waals surface area contributed by atoms with Gasteiger partial charge in [0.25, 0.3) is 5.91 Å². The van der Waals surface area contributed by atoms with E-state index in [1.165, 1.54) is 0 Å². The minimum atomic E-state index is -0.724. The first-order valence-corrected chi connectivity index (χ1v) is 10.5. The van der Waals surface area contributed by atoms with Gasteiger partial charge < -0.3 is 14.8 Å². The first-order valence-electron chi connectivity index (χ1n) is 10.5. The summed E-state index contributed by atoms with van der Waals surface area (Å²) in [5, 5.41) is 3.10. The van der Waals surface area contributed by atoms with Crippen molar-refractivity contribution in [2.75, 3.05) is 5.32 Å². The van der Waals surface area contributed by atoms with E-state index in [0.29, 0.717) is 23.1 Å². The summed E-state index contributed by atoms with van der Waals surface area (Å²) in [7, 11) is 0. The van der Waals surface area contributed by atoms with Crippen molar-refractivity contribution in [2.45, 2.75) is 72.5 Å². The summed E-state index contributed by atoms with van der Waals surface area (Å²) in [5.41, 5.74) is 3.64. The number of anilines is 1. The summed E-state index contributed by atoms with van der Waals surface area (Å²) in [6, 6.07) is 12.9. The number of hydrogen-bond acceptors (Lipinski definition) is 4. The minimum Gasteiger partial charge on any atom is -0.479 e. The predicted octanol–water partition coefficient (Wildman–Crippen LogP) is 5.90. The number of carbonyl (C=O) groups is 2. The Morgan fingerprint density at radius 3 is 1.80 bits per heavy atom. The Morgan fingerprint density at radius 2 is 1.33 bits per heavy atom. The second-order valence-corrected chi connectivity index (χ2v) is 8.35. The minimum absolute atomic E-state index is 0.177. The first kappa shape index (κ1) is 23.5. The molecule has 0 aliphatic carbocycles. The van der Waals surface area contributed by atoms with E-state index in [1.54, 1.807) is 45.0 Å². The van der Waals surface area contributed by atoms with Crippen LogP contribution in [0.5, 0.6) is 5.75 Å². The van der Waals surface area contributed by atoms with Gasteiger partial charge >= 0.3 is 5.97 Å². The first-order chi connectivity index (χ1) is 14.1. The molecule has 5 heteroatoms. The summed E-state index contributed by atoms with van der Waals surface area (Å²) < 4.78 is 10.8. The van der Waals surface area contributed by atoms with Gasteiger partial charge in [0.2, 0.25) is 0 Å². The van der Waals surface area contributed by atoms with Crippen molar-refractivity contribution >= 4 is 17.6 Å². The number of rotatable bonds is 8. The van der Waals surface area contributed by atoms with E-state index in [-0.39, 0.29) is 12.0 Å². The van der Waals surface area contributed by atoms with Gasteiger partial charge in [-0.1, -0.05) is 45.9 Å². The van der Waals surface area contributed by atoms with Crippen LogP contribution in [0.1, 0.15) is 81.8 Å². The van der Waals surface area contributed by atoms with Crippen LogP contribution in [0.25, 0.3) is 0 Å². The smallest absolute Gasteiger partial charge is 0.347 e. The molecule has 0 saturated carbocycles. The molecule has 0 aliphatic heterocycles. The van der Waals surface area contributed by atoms with Gasteiger partial charge in [-0.3, -0.25) is 4.79 Å². The molecule has 0 saturated heterocycles. The number of esters is 1. The van der Waals surface area contributed by atoms with Gasteiger partial charge in [-0.15, -0.1) is 0 Å². The van der Waals surface area contributed by atoms with Crippen LogP contribution in [0.3, 0.4) is 0 Å². The molecule has 30 heavy (non-hydrogen) atoms. The SMILES string of the molecule is CC(C)OC(=O)[C@H](C)Oc1ccc(C(=O)Nc2c(C(C)C)cccc2C(C)C)cc1. The van der Waals surface area contributed by atoms with E-state index in [1.807, 2.05) is 6.07 Å². The summed E-state index contributed by atoms with van der Waals surface area (Å²) in [6.07, 6.45) is -0.919. The zero-order valence-electron chi connectivity index (χ0n) is 19.0. The molecule has 2 aromatic rings. The number of ether oxygens (including phenoxy) is 2. The Hall–Kier alpha value is -2.82. The van der Waals surface area contributed by atoms with Crippen LogP contribution in [-0.4, -0.2) is 24.1 Å². The lowest BCUT2D eigenvalue weighted by atomic mass is 9.92. The van der Waals surface area contributed by atoms with Crippen molar-refractivity contribution in [1.29, 1.82) is 0 Å². The molecule has 0 unspecified atom stereocenters. The summed E-state index contributed by atoms with van der Waals surface area (Å²) in [4.78, 5) is 24.8. The van der Waals surface area contributed by atoms with E-state index in [0.717, 1.165) is 16.8 Å². The third kappa shape index (κ3) is 6.09. The molecule has 0 aliphatic rings. The molecule has 1 N–H and O–H groups in total. The van der Waals surface area contributed by atoms with Gasteiger partial charge in [0.05, 0.1) is 6.10 Å². The molecule has 5 nitrogen and oxygen atoms in total. The molecule has 0 bridgehead atoms. The van der Waals surface area contributed by atoms with Gasteiger partial charge in [-0.05, 0) is 68.0 Å². The molecular weight excluding hydrogens is 378 g/mol. The highest BCUT2D eigenvalue weighted by Crippen LogP contribution is 2.32. The van der Waals surface area contributed by atoms with Crippen LogP contribution in [0.2, 0.25) is 0 Å². The predicted molar refractivity (Wildman–Crippen MR) is 120 cm³/mol. The zero-order valence-corrected chi connectivity index (χ0v) is 19.0. The Bertz CT molecular complexity index is 843. The van der Waals surface area contributed by atoms with Gasteiger partial charge in [0, 0.05) is 11.3 Å². The van der Waals surface area contributed by atoms with Gasteiger partial charge in [-0.25, -0.2) is 4.79 Å². The largest absolute Gasteiger partial charge is 0.479 e. The van der Waals surface area contributed by atoms with Crippen molar-refractivity contribution in [2.24, 2.45) is 0 Å². The second kappa shape index (κ2) is 10.3. The number of nitrogens with one attached hydrogen (secondary N) is 1. The molecule has 0 radical (unpaired) electrons. The second-order valence-electron chi connectivity index (χ2n) is 8.35. The van der Waals surface area contributed by atoms with Crippen molar-refractivity contribution in [3.05, 3.63) is 59.2 Å². The fraction of sp³-hybridized carbons (Fsp3) is 0.440. The quantitative estimate of drug-likeness (QED) is 0.549. The van der Waals surface area contributed by atoms with E-state index >= 15 is 0 Å². The normalized spacial score (nSPS) is 12.2. The molecule has 162 valence electrons. The lowest BCUT2D eigenvalue weighted by Crippen LogP contribution is -2.28. The van der Waals surface area contributed by atoms with Crippen molar-refractivity contribution in [3.63, 3.8) is 0 Å². The van der Waals surface area contributed by atoms with Crippen LogP contribution >= 0.6 is 0 Å². The maximum Gasteiger partial charge on any atom is 0.347 e. The molecule has 1 atom stereocenters. The fourth-order valence-electron chi connectivity index (χ4n) is 3.15. The average Bonchev–Trinajstić information content (AvgIpc) is 2.67. The van der Waals surface area contributed by atoms with E-state index in [4.69, 9.17) is 9.47 Å². The van der Waals surface area contributed by atoms with Gasteiger partial charge in [0.15, 0.2) is 6.10 Å². The third-order valence-corrected chi connectivity index (χ3v) is 4.72. The number of carbonyl (C=O) groups excluding carboxylic acids is 2. The molecule has 0 aromatic heterocycles. The lowest BCUT2D eigenvalue weighted by molar-refractivity contribution is -0.154.